The molecule has 1 aromatic carbocycles. The summed E-state index contributed by atoms with van der Waals surface area (Å²) < 4.78 is 42.3. The second-order valence-electron chi connectivity index (χ2n) is 8.92. The van der Waals surface area contributed by atoms with Gasteiger partial charge in [0, 0.05) is 37.4 Å². The third kappa shape index (κ3) is 5.41. The van der Waals surface area contributed by atoms with Crippen molar-refractivity contribution in [2.75, 3.05) is 25.0 Å². The molecule has 0 radical (unpaired) electrons. The molecule has 172 valence electrons. The number of likely N-dealkylation sites (tertiary alicyclic amines) is 1. The maximum Gasteiger partial charge on any atom is 0.305 e. The van der Waals surface area contributed by atoms with Gasteiger partial charge in [-0.3, -0.25) is 9.69 Å². The van der Waals surface area contributed by atoms with Crippen LogP contribution in [0.3, 0.4) is 0 Å². The van der Waals surface area contributed by atoms with E-state index in [1.165, 1.54) is 5.56 Å². The topological polar surface area (TPSA) is 65.5 Å². The van der Waals surface area contributed by atoms with Crippen molar-refractivity contribution in [1.29, 1.82) is 0 Å². The molecule has 1 aromatic heterocycles. The van der Waals surface area contributed by atoms with Crippen LogP contribution < -0.4 is 5.32 Å². The maximum atomic E-state index is 15.1. The number of rotatable bonds is 9. The van der Waals surface area contributed by atoms with E-state index in [0.717, 1.165) is 61.9 Å². The summed E-state index contributed by atoms with van der Waals surface area (Å²) in [5, 5.41) is 12.5. The van der Waals surface area contributed by atoms with Crippen LogP contribution in [-0.2, 0) is 17.6 Å². The summed E-state index contributed by atoms with van der Waals surface area (Å²) in [6, 6.07) is 6.38. The summed E-state index contributed by atoms with van der Waals surface area (Å²) in [6.07, 6.45) is 4.46. The second kappa shape index (κ2) is 9.48. The number of carbonyl (C=O) groups is 1. The number of alkyl halides is 1. The van der Waals surface area contributed by atoms with Gasteiger partial charge in [-0.2, -0.15) is 0 Å². The van der Waals surface area contributed by atoms with Crippen molar-refractivity contribution < 1.29 is 23.1 Å². The summed E-state index contributed by atoms with van der Waals surface area (Å²) in [5.74, 6) is -1.67. The Morgan fingerprint density at radius 3 is 2.66 bits per heavy atom. The maximum absolute atomic E-state index is 15.1. The summed E-state index contributed by atoms with van der Waals surface area (Å²) >= 11 is 0. The van der Waals surface area contributed by atoms with E-state index in [4.69, 9.17) is 0 Å². The number of anilines is 1. The third-order valence-corrected chi connectivity index (χ3v) is 6.31. The lowest BCUT2D eigenvalue weighted by Crippen LogP contribution is -2.60. The first-order valence-corrected chi connectivity index (χ1v) is 11.1. The van der Waals surface area contributed by atoms with Gasteiger partial charge in [-0.1, -0.05) is 6.07 Å². The monoisotopic (exact) mass is 447 g/mol. The SMILES string of the molecule is O=C(O)C[C@@H](c1cc(F)cc(F)c1)N1CC(F)(CCCCc2ccc3c(n2)NCCC3)C1. The Morgan fingerprint density at radius 1 is 1.19 bits per heavy atom. The first-order chi connectivity index (χ1) is 15.3. The lowest BCUT2D eigenvalue weighted by atomic mass is 9.86. The fraction of sp³-hybridized carbons (Fsp3) is 0.500. The molecule has 0 aliphatic carbocycles. The van der Waals surface area contributed by atoms with Crippen LogP contribution in [-0.4, -0.2) is 46.3 Å². The van der Waals surface area contributed by atoms with Gasteiger partial charge in [0.05, 0.1) is 6.42 Å². The number of carboxylic acids is 1. The highest BCUT2D eigenvalue weighted by atomic mass is 19.1. The molecular formula is C24H28F3N3O2. The minimum absolute atomic E-state index is 0.0596. The largest absolute Gasteiger partial charge is 0.481 e. The van der Waals surface area contributed by atoms with Gasteiger partial charge < -0.3 is 10.4 Å². The zero-order chi connectivity index (χ0) is 22.7. The summed E-state index contributed by atoms with van der Waals surface area (Å²) in [4.78, 5) is 17.6. The predicted octanol–water partition coefficient (Wildman–Crippen LogP) is 4.67. The molecule has 1 fully saturated rings. The molecule has 0 amide bonds. The van der Waals surface area contributed by atoms with Gasteiger partial charge in [0.15, 0.2) is 0 Å². The number of hydrogen-bond donors (Lipinski definition) is 2. The fourth-order valence-corrected chi connectivity index (χ4v) is 4.71. The van der Waals surface area contributed by atoms with E-state index in [2.05, 4.69) is 16.4 Å². The van der Waals surface area contributed by atoms with Crippen LogP contribution in [0.1, 0.15) is 55.0 Å². The smallest absolute Gasteiger partial charge is 0.305 e. The van der Waals surface area contributed by atoms with Crippen LogP contribution in [0.15, 0.2) is 30.3 Å². The Morgan fingerprint density at radius 2 is 1.94 bits per heavy atom. The van der Waals surface area contributed by atoms with Gasteiger partial charge in [0.2, 0.25) is 0 Å². The van der Waals surface area contributed by atoms with Crippen LogP contribution in [0.25, 0.3) is 0 Å². The molecule has 0 unspecified atom stereocenters. The van der Waals surface area contributed by atoms with E-state index in [1.54, 1.807) is 4.90 Å². The Bertz CT molecular complexity index is 959. The van der Waals surface area contributed by atoms with Crippen molar-refractivity contribution >= 4 is 11.8 Å². The average Bonchev–Trinajstić information content (AvgIpc) is 2.72. The highest BCUT2D eigenvalue weighted by Gasteiger charge is 2.46. The molecule has 2 aromatic rings. The molecule has 8 heteroatoms. The number of nitrogens with one attached hydrogen (secondary N) is 1. The lowest BCUT2D eigenvalue weighted by Gasteiger charge is -2.48. The van der Waals surface area contributed by atoms with Crippen LogP contribution in [0.4, 0.5) is 19.0 Å². The van der Waals surface area contributed by atoms with Crippen molar-refractivity contribution in [2.24, 2.45) is 0 Å². The Labute approximate surface area is 185 Å². The summed E-state index contributed by atoms with van der Waals surface area (Å²) in [7, 11) is 0. The molecule has 0 saturated carbocycles. The molecule has 32 heavy (non-hydrogen) atoms. The number of fused-ring (bicyclic) bond motifs is 1. The van der Waals surface area contributed by atoms with Crippen LogP contribution in [0, 0.1) is 11.6 Å². The van der Waals surface area contributed by atoms with Crippen molar-refractivity contribution in [1.82, 2.24) is 9.88 Å². The molecule has 5 nitrogen and oxygen atoms in total. The highest BCUT2D eigenvalue weighted by Crippen LogP contribution is 2.39. The van der Waals surface area contributed by atoms with E-state index < -0.39 is 29.3 Å². The van der Waals surface area contributed by atoms with Crippen molar-refractivity contribution in [3.05, 3.63) is 58.8 Å². The van der Waals surface area contributed by atoms with E-state index in [0.29, 0.717) is 12.8 Å². The molecule has 1 atom stereocenters. The molecule has 4 rings (SSSR count). The first kappa shape index (κ1) is 22.6. The molecule has 0 spiro atoms. The number of nitrogens with zero attached hydrogens (tertiary/aromatic N) is 2. The number of hydrogen-bond acceptors (Lipinski definition) is 4. The average molecular weight is 448 g/mol. The van der Waals surface area contributed by atoms with Crippen molar-refractivity contribution in [3.63, 3.8) is 0 Å². The van der Waals surface area contributed by atoms with Gasteiger partial charge in [-0.05, 0) is 67.9 Å². The molecule has 2 aliphatic rings. The number of unbranched alkanes of at least 4 members (excludes halogenated alkanes) is 1. The zero-order valence-electron chi connectivity index (χ0n) is 17.9. The number of aliphatic carboxylic acids is 1. The van der Waals surface area contributed by atoms with Gasteiger partial charge >= 0.3 is 5.97 Å². The Balaban J connectivity index is 1.28. The van der Waals surface area contributed by atoms with Crippen molar-refractivity contribution in [2.45, 2.75) is 56.7 Å². The minimum Gasteiger partial charge on any atom is -0.481 e. The van der Waals surface area contributed by atoms with E-state index in [-0.39, 0.29) is 25.1 Å². The molecule has 3 heterocycles. The predicted molar refractivity (Wildman–Crippen MR) is 115 cm³/mol. The molecule has 2 aliphatic heterocycles. The van der Waals surface area contributed by atoms with Gasteiger partial charge in [0.25, 0.3) is 0 Å². The van der Waals surface area contributed by atoms with Crippen LogP contribution in [0.5, 0.6) is 0 Å². The quantitative estimate of drug-likeness (QED) is 0.547. The van der Waals surface area contributed by atoms with E-state index in [1.807, 2.05) is 6.07 Å². The van der Waals surface area contributed by atoms with Gasteiger partial charge in [-0.25, -0.2) is 18.2 Å². The Kier molecular flexibility index (Phi) is 6.69. The normalized spacial score (nSPS) is 18.3. The van der Waals surface area contributed by atoms with Crippen LogP contribution in [0.2, 0.25) is 0 Å². The highest BCUT2D eigenvalue weighted by molar-refractivity contribution is 5.68. The van der Waals surface area contributed by atoms with Gasteiger partial charge in [0.1, 0.15) is 23.1 Å². The number of aromatic nitrogens is 1. The fourth-order valence-electron chi connectivity index (χ4n) is 4.71. The number of aryl methyl sites for hydroxylation is 2. The number of benzene rings is 1. The number of carboxylic acid groups (broad SMARTS) is 1. The first-order valence-electron chi connectivity index (χ1n) is 11.1. The standard InChI is InChI=1S/C24H28F3N3O2/c25-18-10-17(11-19(26)12-18)21(13-22(31)32)30-14-24(27,15-30)8-2-1-5-20-7-6-16-4-3-9-28-23(16)29-20/h6-7,10-12,21H,1-5,8-9,13-15H2,(H,28,29)(H,31,32)/t21-/m0/s1. The molecule has 1 saturated heterocycles. The van der Waals surface area contributed by atoms with Gasteiger partial charge in [-0.15, -0.1) is 0 Å². The minimum atomic E-state index is -1.41. The number of pyridine rings is 1. The van der Waals surface area contributed by atoms with Crippen molar-refractivity contribution in [3.8, 4) is 0 Å². The second-order valence-corrected chi connectivity index (χ2v) is 8.92. The number of halogens is 3. The Hall–Kier alpha value is -2.61. The summed E-state index contributed by atoms with van der Waals surface area (Å²) in [6.45, 7) is 1.06. The van der Waals surface area contributed by atoms with E-state index >= 15 is 4.39 Å². The van der Waals surface area contributed by atoms with Crippen LogP contribution >= 0.6 is 0 Å². The third-order valence-electron chi connectivity index (χ3n) is 6.31. The molecule has 2 N–H and O–H groups in total. The summed E-state index contributed by atoms with van der Waals surface area (Å²) in [5.41, 5.74) is 1.05. The molecular weight excluding hydrogens is 419 g/mol. The van der Waals surface area contributed by atoms with E-state index in [9.17, 15) is 18.7 Å². The zero-order valence-corrected chi connectivity index (χ0v) is 17.9. The molecule has 0 bridgehead atoms. The lowest BCUT2D eigenvalue weighted by molar-refractivity contribution is -0.141.